The van der Waals surface area contributed by atoms with Crippen LogP contribution in [-0.4, -0.2) is 23.3 Å². The molecule has 4 N–H and O–H groups in total. The fourth-order valence-electron chi connectivity index (χ4n) is 4.70. The van der Waals surface area contributed by atoms with Gasteiger partial charge in [-0.2, -0.15) is 0 Å². The van der Waals surface area contributed by atoms with Crippen LogP contribution in [0.3, 0.4) is 0 Å². The second kappa shape index (κ2) is 9.43. The molecule has 4 aromatic rings. The molecule has 7 heteroatoms. The first kappa shape index (κ1) is 23.5. The Balaban J connectivity index is 1.33. The van der Waals surface area contributed by atoms with Crippen molar-refractivity contribution in [2.24, 2.45) is 5.73 Å². The molecule has 5 rings (SSSR count). The lowest BCUT2D eigenvalue weighted by Crippen LogP contribution is -2.38. The number of rotatable bonds is 6. The maximum atomic E-state index is 13.2. The van der Waals surface area contributed by atoms with Gasteiger partial charge in [-0.1, -0.05) is 32.0 Å². The fraction of sp³-hybridized carbons (Fsp3) is 0.207. The quantitative estimate of drug-likeness (QED) is 0.376. The minimum atomic E-state index is -0.579. The van der Waals surface area contributed by atoms with Gasteiger partial charge in [-0.25, -0.2) is 0 Å². The first-order valence-corrected chi connectivity index (χ1v) is 11.9. The predicted octanol–water partition coefficient (Wildman–Crippen LogP) is 4.55. The van der Waals surface area contributed by atoms with E-state index in [0.717, 1.165) is 35.1 Å². The Morgan fingerprint density at radius 1 is 1.08 bits per heavy atom. The molecule has 0 atom stereocenters. The highest BCUT2D eigenvalue weighted by Gasteiger charge is 2.27. The van der Waals surface area contributed by atoms with Crippen LogP contribution >= 0.6 is 0 Å². The van der Waals surface area contributed by atoms with Crippen LogP contribution in [0.15, 0.2) is 72.9 Å². The van der Waals surface area contributed by atoms with E-state index in [4.69, 9.17) is 10.5 Å². The van der Waals surface area contributed by atoms with Crippen molar-refractivity contribution in [3.05, 3.63) is 101 Å². The number of fused-ring (bicyclic) bond motifs is 2. The third-order valence-electron chi connectivity index (χ3n) is 6.55. The van der Waals surface area contributed by atoms with E-state index in [1.807, 2.05) is 42.5 Å². The molecule has 1 aliphatic heterocycles. The van der Waals surface area contributed by atoms with E-state index < -0.39 is 5.91 Å². The zero-order valence-electron chi connectivity index (χ0n) is 20.3. The number of nitrogens with one attached hydrogen (secondary N) is 2. The molecule has 2 amide bonds. The van der Waals surface area contributed by atoms with Crippen molar-refractivity contribution < 1.29 is 14.3 Å². The van der Waals surface area contributed by atoms with E-state index in [-0.39, 0.29) is 23.6 Å². The van der Waals surface area contributed by atoms with Crippen molar-refractivity contribution >= 4 is 28.3 Å². The lowest BCUT2D eigenvalue weighted by atomic mass is 9.79. The number of amides is 2. The van der Waals surface area contributed by atoms with Crippen LogP contribution in [0.2, 0.25) is 0 Å². The number of hydrogen-bond donors (Lipinski definition) is 3. The number of anilines is 1. The largest absolute Gasteiger partial charge is 0.489 e. The van der Waals surface area contributed by atoms with Crippen molar-refractivity contribution in [3.8, 4) is 5.75 Å². The summed E-state index contributed by atoms with van der Waals surface area (Å²) in [6.07, 6.45) is 1.53. The number of carbonyl (C=O) groups is 2. The van der Waals surface area contributed by atoms with Gasteiger partial charge in [0.1, 0.15) is 18.1 Å². The molecular formula is C29H28N4O3. The third kappa shape index (κ3) is 4.78. The minimum absolute atomic E-state index is 0.0626. The Morgan fingerprint density at radius 3 is 2.78 bits per heavy atom. The number of hydrogen-bond acceptors (Lipinski definition) is 5. The number of ether oxygens (including phenoxy) is 1. The van der Waals surface area contributed by atoms with Gasteiger partial charge >= 0.3 is 0 Å². The molecular weight excluding hydrogens is 452 g/mol. The first-order chi connectivity index (χ1) is 17.3. The molecule has 0 aliphatic carbocycles. The van der Waals surface area contributed by atoms with Gasteiger partial charge in [-0.3, -0.25) is 14.6 Å². The lowest BCUT2D eigenvalue weighted by molar-refractivity contribution is 0.0993. The van der Waals surface area contributed by atoms with E-state index in [2.05, 4.69) is 41.6 Å². The molecule has 0 unspecified atom stereocenters. The number of primary amides is 1. The summed E-state index contributed by atoms with van der Waals surface area (Å²) in [7, 11) is 0. The molecule has 0 spiro atoms. The SMILES string of the molecule is CC1(C)CNCc2cc(NC(=O)c3cccc4cc(OCc5ccnc(C(N)=O)c5)ccc34)ccc21. The molecule has 7 nitrogen and oxygen atoms in total. The molecule has 2 heterocycles. The zero-order valence-corrected chi connectivity index (χ0v) is 20.3. The maximum absolute atomic E-state index is 13.2. The second-order valence-electron chi connectivity index (χ2n) is 9.70. The van der Waals surface area contributed by atoms with Gasteiger partial charge < -0.3 is 21.1 Å². The van der Waals surface area contributed by atoms with Crippen LogP contribution in [0, 0.1) is 0 Å². The van der Waals surface area contributed by atoms with Crippen molar-refractivity contribution in [2.75, 3.05) is 11.9 Å². The van der Waals surface area contributed by atoms with Gasteiger partial charge in [0.05, 0.1) is 0 Å². The van der Waals surface area contributed by atoms with Crippen LogP contribution in [0.25, 0.3) is 10.8 Å². The molecule has 0 bridgehead atoms. The Labute approximate surface area is 209 Å². The molecule has 182 valence electrons. The van der Waals surface area contributed by atoms with Gasteiger partial charge in [0.15, 0.2) is 0 Å². The average molecular weight is 481 g/mol. The summed E-state index contributed by atoms with van der Waals surface area (Å²) in [6.45, 7) is 6.44. The Hall–Kier alpha value is -4.23. The van der Waals surface area contributed by atoms with Crippen LogP contribution in [0.5, 0.6) is 5.75 Å². The molecule has 0 radical (unpaired) electrons. The Morgan fingerprint density at radius 2 is 1.94 bits per heavy atom. The summed E-state index contributed by atoms with van der Waals surface area (Å²) in [4.78, 5) is 28.5. The van der Waals surface area contributed by atoms with Crippen molar-refractivity contribution in [1.82, 2.24) is 10.3 Å². The van der Waals surface area contributed by atoms with Crippen molar-refractivity contribution in [3.63, 3.8) is 0 Å². The van der Waals surface area contributed by atoms with Gasteiger partial charge in [0.2, 0.25) is 0 Å². The third-order valence-corrected chi connectivity index (χ3v) is 6.55. The van der Waals surface area contributed by atoms with Gasteiger partial charge in [0, 0.05) is 36.0 Å². The number of nitrogens with two attached hydrogens (primary N) is 1. The van der Waals surface area contributed by atoms with E-state index in [9.17, 15) is 9.59 Å². The van der Waals surface area contributed by atoms with Gasteiger partial charge in [-0.15, -0.1) is 0 Å². The highest BCUT2D eigenvalue weighted by Crippen LogP contribution is 2.32. The van der Waals surface area contributed by atoms with E-state index in [1.54, 1.807) is 12.1 Å². The van der Waals surface area contributed by atoms with Crippen LogP contribution < -0.4 is 21.1 Å². The Bertz CT molecular complexity index is 1480. The normalized spacial score (nSPS) is 14.2. The van der Waals surface area contributed by atoms with Crippen molar-refractivity contribution in [1.29, 1.82) is 0 Å². The molecule has 36 heavy (non-hydrogen) atoms. The number of pyridine rings is 1. The zero-order chi connectivity index (χ0) is 25.3. The van der Waals surface area contributed by atoms with E-state index in [0.29, 0.717) is 11.3 Å². The lowest BCUT2D eigenvalue weighted by Gasteiger charge is -2.33. The highest BCUT2D eigenvalue weighted by atomic mass is 16.5. The molecule has 0 fully saturated rings. The first-order valence-electron chi connectivity index (χ1n) is 11.9. The summed E-state index contributed by atoms with van der Waals surface area (Å²) >= 11 is 0. The predicted molar refractivity (Wildman–Crippen MR) is 140 cm³/mol. The summed E-state index contributed by atoms with van der Waals surface area (Å²) < 4.78 is 5.91. The summed E-state index contributed by atoms with van der Waals surface area (Å²) in [5.74, 6) is -0.0837. The smallest absolute Gasteiger partial charge is 0.267 e. The fourth-order valence-corrected chi connectivity index (χ4v) is 4.70. The molecule has 0 saturated carbocycles. The Kier molecular flexibility index (Phi) is 6.16. The molecule has 3 aromatic carbocycles. The molecule has 1 aromatic heterocycles. The maximum Gasteiger partial charge on any atom is 0.267 e. The minimum Gasteiger partial charge on any atom is -0.489 e. The van der Waals surface area contributed by atoms with Crippen molar-refractivity contribution in [2.45, 2.75) is 32.4 Å². The van der Waals surface area contributed by atoms with Crippen LogP contribution in [-0.2, 0) is 18.6 Å². The monoisotopic (exact) mass is 480 g/mol. The standard InChI is InChI=1S/C29H28N4O3/c1-29(2)17-31-15-20-13-21(6-9-25(20)29)33-28(35)24-5-3-4-19-14-22(7-8-23(19)24)36-16-18-10-11-32-26(12-18)27(30)34/h3-14,31H,15-17H2,1-2H3,(H2,30,34)(H,33,35). The number of nitrogens with zero attached hydrogens (tertiary/aromatic N) is 1. The van der Waals surface area contributed by atoms with Crippen LogP contribution in [0.4, 0.5) is 5.69 Å². The van der Waals surface area contributed by atoms with E-state index >= 15 is 0 Å². The topological polar surface area (TPSA) is 106 Å². The highest BCUT2D eigenvalue weighted by molar-refractivity contribution is 6.13. The number of benzene rings is 3. The summed E-state index contributed by atoms with van der Waals surface area (Å²) in [5, 5.41) is 8.24. The molecule has 1 aliphatic rings. The van der Waals surface area contributed by atoms with Crippen LogP contribution in [0.1, 0.15) is 51.4 Å². The molecule has 0 saturated heterocycles. The van der Waals surface area contributed by atoms with Gasteiger partial charge in [0.25, 0.3) is 11.8 Å². The summed E-state index contributed by atoms with van der Waals surface area (Å²) in [6, 6.07) is 20.8. The average Bonchev–Trinajstić information content (AvgIpc) is 2.86. The van der Waals surface area contributed by atoms with E-state index in [1.165, 1.54) is 17.3 Å². The summed E-state index contributed by atoms with van der Waals surface area (Å²) in [5.41, 5.74) is 10.2. The second-order valence-corrected chi connectivity index (χ2v) is 9.70. The van der Waals surface area contributed by atoms with Gasteiger partial charge in [-0.05, 0) is 76.0 Å². The number of carbonyl (C=O) groups excluding carboxylic acids is 2. The number of aromatic nitrogens is 1.